The van der Waals surface area contributed by atoms with Crippen LogP contribution in [0.5, 0.6) is 0 Å². The van der Waals surface area contributed by atoms with Gasteiger partial charge >= 0.3 is 0 Å². The summed E-state index contributed by atoms with van der Waals surface area (Å²) in [6.07, 6.45) is 0. The summed E-state index contributed by atoms with van der Waals surface area (Å²) >= 11 is 1.80. The zero-order valence-corrected chi connectivity index (χ0v) is 8.17. The van der Waals surface area contributed by atoms with Crippen molar-refractivity contribution in [3.63, 3.8) is 0 Å². The molecule has 0 aliphatic heterocycles. The van der Waals surface area contributed by atoms with Crippen LogP contribution in [0, 0.1) is 20.7 Å². The lowest BCUT2D eigenvalue weighted by Crippen LogP contribution is -1.95. The molecule has 0 saturated carbocycles. The number of rotatable bonds is 1. The second kappa shape index (κ2) is 3.83. The van der Waals surface area contributed by atoms with E-state index in [1.165, 1.54) is 6.07 Å². The highest BCUT2D eigenvalue weighted by atomic mass is 127. The normalized spacial score (nSPS) is 9.50. The van der Waals surface area contributed by atoms with Crippen LogP contribution in [0.3, 0.4) is 0 Å². The van der Waals surface area contributed by atoms with E-state index in [0.29, 0.717) is 9.13 Å². The summed E-state index contributed by atoms with van der Waals surface area (Å²) in [6, 6.07) is 4.79. The average molecular weight is 277 g/mol. The molecular weight excluding hydrogens is 272 g/mol. The highest BCUT2D eigenvalue weighted by molar-refractivity contribution is 14.1. The Hall–Kier alpha value is -0.670. The number of hydrogen-bond donors (Lipinski definition) is 1. The van der Waals surface area contributed by atoms with Crippen molar-refractivity contribution in [2.75, 3.05) is 0 Å². The van der Waals surface area contributed by atoms with Crippen LogP contribution in [-0.4, -0.2) is 5.11 Å². The van der Waals surface area contributed by atoms with Crippen LogP contribution >= 0.6 is 22.6 Å². The van der Waals surface area contributed by atoms with E-state index in [-0.39, 0.29) is 12.2 Å². The first-order valence-corrected chi connectivity index (χ1v) is 4.26. The SMILES string of the molecule is N#Cc1c(CO)ccc(I)c1F. The van der Waals surface area contributed by atoms with Gasteiger partial charge in [0, 0.05) is 0 Å². The van der Waals surface area contributed by atoms with Crippen LogP contribution < -0.4 is 0 Å². The summed E-state index contributed by atoms with van der Waals surface area (Å²) in [5.41, 5.74) is 0.264. The molecule has 0 radical (unpaired) electrons. The van der Waals surface area contributed by atoms with Gasteiger partial charge in [0.1, 0.15) is 6.07 Å². The van der Waals surface area contributed by atoms with E-state index in [1.807, 2.05) is 0 Å². The number of benzene rings is 1. The maximum absolute atomic E-state index is 13.1. The number of aliphatic hydroxyl groups is 1. The minimum atomic E-state index is -0.551. The van der Waals surface area contributed by atoms with E-state index in [2.05, 4.69) is 0 Å². The Labute approximate surface area is 82.8 Å². The van der Waals surface area contributed by atoms with E-state index in [1.54, 1.807) is 34.7 Å². The van der Waals surface area contributed by atoms with Gasteiger partial charge in [-0.05, 0) is 34.2 Å². The van der Waals surface area contributed by atoms with Crippen LogP contribution in [0.4, 0.5) is 4.39 Å². The van der Waals surface area contributed by atoms with E-state index >= 15 is 0 Å². The van der Waals surface area contributed by atoms with Gasteiger partial charge in [-0.3, -0.25) is 0 Å². The summed E-state index contributed by atoms with van der Waals surface area (Å²) in [5.74, 6) is -0.551. The quantitative estimate of drug-likeness (QED) is 0.795. The Morgan fingerprint density at radius 1 is 1.58 bits per heavy atom. The molecule has 0 saturated heterocycles. The van der Waals surface area contributed by atoms with E-state index in [9.17, 15) is 4.39 Å². The van der Waals surface area contributed by atoms with E-state index < -0.39 is 5.82 Å². The van der Waals surface area contributed by atoms with E-state index in [4.69, 9.17) is 10.4 Å². The molecule has 0 fully saturated rings. The predicted octanol–water partition coefficient (Wildman–Crippen LogP) is 1.79. The maximum Gasteiger partial charge on any atom is 0.154 e. The molecule has 0 aromatic heterocycles. The monoisotopic (exact) mass is 277 g/mol. The molecule has 12 heavy (non-hydrogen) atoms. The highest BCUT2D eigenvalue weighted by Gasteiger charge is 2.10. The summed E-state index contributed by atoms with van der Waals surface area (Å²) in [5, 5.41) is 17.3. The first-order chi connectivity index (χ1) is 5.70. The Balaban J connectivity index is 3.38. The molecule has 0 amide bonds. The van der Waals surface area contributed by atoms with Gasteiger partial charge in [0.25, 0.3) is 0 Å². The third kappa shape index (κ3) is 1.57. The molecule has 0 atom stereocenters. The number of hydrogen-bond acceptors (Lipinski definition) is 2. The lowest BCUT2D eigenvalue weighted by molar-refractivity contribution is 0.281. The van der Waals surface area contributed by atoms with Gasteiger partial charge in [-0.2, -0.15) is 5.26 Å². The molecule has 1 aromatic rings. The van der Waals surface area contributed by atoms with Gasteiger partial charge in [0.05, 0.1) is 15.7 Å². The molecule has 62 valence electrons. The van der Waals surface area contributed by atoms with E-state index in [0.717, 1.165) is 0 Å². The van der Waals surface area contributed by atoms with Crippen LogP contribution in [0.15, 0.2) is 12.1 Å². The largest absolute Gasteiger partial charge is 0.392 e. The van der Waals surface area contributed by atoms with Crippen molar-refractivity contribution in [1.29, 1.82) is 5.26 Å². The maximum atomic E-state index is 13.1. The van der Waals surface area contributed by atoms with Crippen molar-refractivity contribution in [2.24, 2.45) is 0 Å². The summed E-state index contributed by atoms with van der Waals surface area (Å²) in [7, 11) is 0. The Bertz CT molecular complexity index is 346. The van der Waals surface area contributed by atoms with Crippen molar-refractivity contribution in [2.45, 2.75) is 6.61 Å². The van der Waals surface area contributed by atoms with Gasteiger partial charge in [0.2, 0.25) is 0 Å². The zero-order valence-electron chi connectivity index (χ0n) is 6.01. The molecule has 0 aliphatic carbocycles. The Kier molecular flexibility index (Phi) is 3.00. The number of aliphatic hydroxyl groups excluding tert-OH is 1. The fourth-order valence-corrected chi connectivity index (χ4v) is 1.29. The fraction of sp³-hybridized carbons (Fsp3) is 0.125. The second-order valence-electron chi connectivity index (χ2n) is 2.17. The zero-order chi connectivity index (χ0) is 9.14. The number of nitriles is 1. The molecule has 0 heterocycles. The summed E-state index contributed by atoms with van der Waals surface area (Å²) in [6.45, 7) is -0.309. The molecule has 0 unspecified atom stereocenters. The summed E-state index contributed by atoms with van der Waals surface area (Å²) < 4.78 is 13.5. The molecule has 1 rings (SSSR count). The molecule has 1 aromatic carbocycles. The van der Waals surface area contributed by atoms with Crippen LogP contribution in [-0.2, 0) is 6.61 Å². The van der Waals surface area contributed by atoms with Crippen LogP contribution in [0.25, 0.3) is 0 Å². The van der Waals surface area contributed by atoms with Crippen molar-refractivity contribution < 1.29 is 9.50 Å². The predicted molar refractivity (Wildman–Crippen MR) is 49.8 cm³/mol. The Morgan fingerprint density at radius 2 is 2.25 bits per heavy atom. The van der Waals surface area contributed by atoms with Crippen molar-refractivity contribution in [3.8, 4) is 6.07 Å². The minimum absolute atomic E-state index is 0.0654. The Morgan fingerprint density at radius 3 is 2.75 bits per heavy atom. The topological polar surface area (TPSA) is 44.0 Å². The van der Waals surface area contributed by atoms with Crippen molar-refractivity contribution in [1.82, 2.24) is 0 Å². The highest BCUT2D eigenvalue weighted by Crippen LogP contribution is 2.18. The van der Waals surface area contributed by atoms with Gasteiger partial charge in [0.15, 0.2) is 5.82 Å². The van der Waals surface area contributed by atoms with Crippen LogP contribution in [0.1, 0.15) is 11.1 Å². The molecular formula is C8H5FINO. The third-order valence-corrected chi connectivity index (χ3v) is 2.30. The van der Waals surface area contributed by atoms with Crippen molar-refractivity contribution >= 4 is 22.6 Å². The van der Waals surface area contributed by atoms with Crippen molar-refractivity contribution in [3.05, 3.63) is 32.6 Å². The molecule has 4 heteroatoms. The minimum Gasteiger partial charge on any atom is -0.392 e. The lowest BCUT2D eigenvalue weighted by atomic mass is 10.1. The average Bonchev–Trinajstić information content (AvgIpc) is 2.09. The number of nitrogens with zero attached hydrogens (tertiary/aromatic N) is 1. The van der Waals surface area contributed by atoms with Gasteiger partial charge in [-0.15, -0.1) is 0 Å². The van der Waals surface area contributed by atoms with Gasteiger partial charge in [-0.1, -0.05) is 6.07 Å². The standard InChI is InChI=1S/C8H5FINO/c9-8-6(3-11)5(4-12)1-2-7(8)10/h1-2,12H,4H2. The molecule has 1 N–H and O–H groups in total. The molecule has 2 nitrogen and oxygen atoms in total. The molecule has 0 bridgehead atoms. The van der Waals surface area contributed by atoms with Gasteiger partial charge < -0.3 is 5.11 Å². The smallest absolute Gasteiger partial charge is 0.154 e. The lowest BCUT2D eigenvalue weighted by Gasteiger charge is -2.01. The first kappa shape index (κ1) is 9.42. The third-order valence-electron chi connectivity index (χ3n) is 1.46. The van der Waals surface area contributed by atoms with Crippen LogP contribution in [0.2, 0.25) is 0 Å². The molecule has 0 aliphatic rings. The van der Waals surface area contributed by atoms with Gasteiger partial charge in [-0.25, -0.2) is 4.39 Å². The molecule has 0 spiro atoms. The number of halogens is 2. The second-order valence-corrected chi connectivity index (χ2v) is 3.33. The first-order valence-electron chi connectivity index (χ1n) is 3.18. The summed E-state index contributed by atoms with van der Waals surface area (Å²) in [4.78, 5) is 0. The fourth-order valence-electron chi connectivity index (χ4n) is 0.843.